The summed E-state index contributed by atoms with van der Waals surface area (Å²) in [6, 6.07) is 0.204. The smallest absolute Gasteiger partial charge is 0.748 e. The summed E-state index contributed by atoms with van der Waals surface area (Å²) in [4.78, 5) is 0. The van der Waals surface area contributed by atoms with Gasteiger partial charge in [0, 0.05) is 18.3 Å². The van der Waals surface area contributed by atoms with E-state index < -0.39 is 10.1 Å². The second kappa shape index (κ2) is 7.69. The number of ether oxygens (including phenoxy) is 1. The third-order valence-corrected chi connectivity index (χ3v) is 2.73. The molecule has 78 valence electrons. The summed E-state index contributed by atoms with van der Waals surface area (Å²) < 4.78 is 36.0. The Morgan fingerprint density at radius 2 is 2.21 bits per heavy atom. The molecule has 1 rings (SSSR count). The van der Waals surface area contributed by atoms with E-state index in [0.29, 0.717) is 26.1 Å². The average Bonchev–Trinajstić information content (AvgIpc) is 2.04. The number of rotatable bonds is 4. The summed E-state index contributed by atoms with van der Waals surface area (Å²) in [6.07, 6.45) is 1.09. The molecule has 0 radical (unpaired) electrons. The van der Waals surface area contributed by atoms with Gasteiger partial charge in [-0.05, 0) is 12.8 Å². The van der Waals surface area contributed by atoms with Crippen LogP contribution in [0.5, 0.6) is 0 Å². The minimum atomic E-state index is -4.04. The van der Waals surface area contributed by atoms with Gasteiger partial charge in [-0.3, -0.25) is 0 Å². The molecule has 1 aliphatic heterocycles. The SMILES string of the molecule is O=S(=O)([O-])CCCC1COCCN1.[K+]. The van der Waals surface area contributed by atoms with Crippen molar-refractivity contribution in [1.82, 2.24) is 5.32 Å². The first-order valence-electron chi connectivity index (χ1n) is 4.32. The fraction of sp³-hybridized carbons (Fsp3) is 1.00. The van der Waals surface area contributed by atoms with Crippen LogP contribution in [0.15, 0.2) is 0 Å². The molecule has 0 saturated carbocycles. The summed E-state index contributed by atoms with van der Waals surface area (Å²) in [6.45, 7) is 2.12. The number of hydrogen-bond donors (Lipinski definition) is 1. The Labute approximate surface area is 127 Å². The Balaban J connectivity index is 0.00000169. The van der Waals surface area contributed by atoms with Gasteiger partial charge in [-0.15, -0.1) is 0 Å². The molecule has 1 fully saturated rings. The van der Waals surface area contributed by atoms with Crippen LogP contribution in [0.3, 0.4) is 0 Å². The van der Waals surface area contributed by atoms with Crippen LogP contribution >= 0.6 is 0 Å². The van der Waals surface area contributed by atoms with Crippen LogP contribution in [0.25, 0.3) is 0 Å². The molecular weight excluding hydrogens is 233 g/mol. The fourth-order valence-electron chi connectivity index (χ4n) is 1.31. The van der Waals surface area contributed by atoms with E-state index in [1.807, 2.05) is 0 Å². The normalized spacial score (nSPS) is 22.8. The van der Waals surface area contributed by atoms with Crippen molar-refractivity contribution < 1.29 is 69.1 Å². The molecule has 7 heteroatoms. The van der Waals surface area contributed by atoms with Crippen LogP contribution in [0, 0.1) is 0 Å². The largest absolute Gasteiger partial charge is 1.00 e. The van der Waals surface area contributed by atoms with Crippen LogP contribution in [-0.4, -0.2) is 44.5 Å². The Morgan fingerprint density at radius 3 is 2.71 bits per heavy atom. The molecule has 5 nitrogen and oxygen atoms in total. The van der Waals surface area contributed by atoms with E-state index in [1.165, 1.54) is 0 Å². The zero-order valence-corrected chi connectivity index (χ0v) is 12.3. The van der Waals surface area contributed by atoms with Crippen LogP contribution in [-0.2, 0) is 14.9 Å². The molecule has 1 atom stereocenters. The van der Waals surface area contributed by atoms with Gasteiger partial charge in [0.2, 0.25) is 0 Å². The van der Waals surface area contributed by atoms with Gasteiger partial charge in [-0.2, -0.15) is 0 Å². The summed E-state index contributed by atoms with van der Waals surface area (Å²) in [5.74, 6) is -0.273. The molecule has 0 aliphatic carbocycles. The molecule has 0 spiro atoms. The molecule has 1 heterocycles. The van der Waals surface area contributed by atoms with Gasteiger partial charge in [-0.1, -0.05) is 0 Å². The van der Waals surface area contributed by atoms with Gasteiger partial charge in [-0.25, -0.2) is 8.42 Å². The first-order chi connectivity index (χ1) is 6.08. The van der Waals surface area contributed by atoms with Gasteiger partial charge in [0.05, 0.1) is 23.3 Å². The van der Waals surface area contributed by atoms with Crippen molar-refractivity contribution in [3.05, 3.63) is 0 Å². The number of hydrogen-bond acceptors (Lipinski definition) is 5. The molecule has 0 amide bonds. The Morgan fingerprint density at radius 1 is 1.50 bits per heavy atom. The molecule has 0 aromatic rings. The third-order valence-electron chi connectivity index (χ3n) is 1.95. The Kier molecular flexibility index (Phi) is 8.50. The van der Waals surface area contributed by atoms with E-state index in [1.54, 1.807) is 0 Å². The molecule has 0 aromatic heterocycles. The molecule has 1 N–H and O–H groups in total. The number of nitrogens with one attached hydrogen (secondary N) is 1. The van der Waals surface area contributed by atoms with Crippen LogP contribution in [0.1, 0.15) is 12.8 Å². The van der Waals surface area contributed by atoms with E-state index in [2.05, 4.69) is 5.32 Å². The maximum atomic E-state index is 10.3. The van der Waals surface area contributed by atoms with E-state index in [4.69, 9.17) is 4.74 Å². The summed E-state index contributed by atoms with van der Waals surface area (Å²) in [7, 11) is -4.04. The fourth-order valence-corrected chi connectivity index (χ4v) is 1.83. The van der Waals surface area contributed by atoms with Crippen molar-refractivity contribution in [2.45, 2.75) is 18.9 Å². The number of morpholine rings is 1. The molecule has 1 unspecified atom stereocenters. The third kappa shape index (κ3) is 7.72. The topological polar surface area (TPSA) is 78.5 Å². The first kappa shape index (κ1) is 15.5. The van der Waals surface area contributed by atoms with Crippen LogP contribution < -0.4 is 56.7 Å². The zero-order valence-electron chi connectivity index (χ0n) is 8.36. The summed E-state index contributed by atoms with van der Waals surface area (Å²) in [5.41, 5.74) is 0. The standard InChI is InChI=1S/C7H15NO4S.K/c9-13(10,11)5-1-2-7-6-12-4-3-8-7;/h7-8H,1-6H2,(H,9,10,11);/q;+1/p-1. The Bertz CT molecular complexity index is 238. The summed E-state index contributed by atoms with van der Waals surface area (Å²) >= 11 is 0. The van der Waals surface area contributed by atoms with E-state index in [-0.39, 0.29) is 63.2 Å². The van der Waals surface area contributed by atoms with E-state index >= 15 is 0 Å². The van der Waals surface area contributed by atoms with Gasteiger partial charge in [0.1, 0.15) is 0 Å². The quantitative estimate of drug-likeness (QED) is 0.409. The van der Waals surface area contributed by atoms with Crippen molar-refractivity contribution in [3.63, 3.8) is 0 Å². The van der Waals surface area contributed by atoms with E-state index in [0.717, 1.165) is 6.54 Å². The molecule has 1 aliphatic rings. The first-order valence-corrected chi connectivity index (χ1v) is 5.90. The van der Waals surface area contributed by atoms with Crippen LogP contribution in [0.2, 0.25) is 0 Å². The van der Waals surface area contributed by atoms with Gasteiger partial charge in [0.15, 0.2) is 0 Å². The molecule has 14 heavy (non-hydrogen) atoms. The molecular formula is C7H14KNO4S. The maximum Gasteiger partial charge on any atom is 1.00 e. The minimum absolute atomic E-state index is 0. The van der Waals surface area contributed by atoms with E-state index in [9.17, 15) is 13.0 Å². The van der Waals surface area contributed by atoms with Crippen molar-refractivity contribution >= 4 is 10.1 Å². The minimum Gasteiger partial charge on any atom is -0.748 e. The predicted octanol–water partition coefficient (Wildman–Crippen LogP) is -3.70. The van der Waals surface area contributed by atoms with Gasteiger partial charge in [0.25, 0.3) is 0 Å². The second-order valence-electron chi connectivity index (χ2n) is 3.13. The molecule has 1 saturated heterocycles. The average molecular weight is 247 g/mol. The summed E-state index contributed by atoms with van der Waals surface area (Å²) in [5, 5.41) is 3.18. The van der Waals surface area contributed by atoms with Gasteiger partial charge < -0.3 is 14.6 Å². The van der Waals surface area contributed by atoms with Gasteiger partial charge >= 0.3 is 51.4 Å². The van der Waals surface area contributed by atoms with Crippen molar-refractivity contribution in [3.8, 4) is 0 Å². The van der Waals surface area contributed by atoms with Crippen molar-refractivity contribution in [1.29, 1.82) is 0 Å². The van der Waals surface area contributed by atoms with Crippen molar-refractivity contribution in [2.24, 2.45) is 0 Å². The predicted molar refractivity (Wildman–Crippen MR) is 46.4 cm³/mol. The van der Waals surface area contributed by atoms with Crippen LogP contribution in [0.4, 0.5) is 0 Å². The monoisotopic (exact) mass is 247 g/mol. The maximum absolute atomic E-state index is 10.3. The second-order valence-corrected chi connectivity index (χ2v) is 4.65. The molecule has 0 aromatic carbocycles. The molecule has 0 bridgehead atoms. The Hall–Kier alpha value is 1.47. The van der Waals surface area contributed by atoms with Crippen molar-refractivity contribution in [2.75, 3.05) is 25.5 Å². The zero-order chi connectivity index (χ0) is 9.73.